The van der Waals surface area contributed by atoms with Crippen LogP contribution in [0.5, 0.6) is 0 Å². The molecule has 0 aliphatic heterocycles. The summed E-state index contributed by atoms with van der Waals surface area (Å²) in [6.45, 7) is 0. The Kier molecular flexibility index (Phi) is 4.24. The van der Waals surface area contributed by atoms with Gasteiger partial charge < -0.3 is 19.4 Å². The maximum absolute atomic E-state index is 12.9. The van der Waals surface area contributed by atoms with E-state index in [2.05, 4.69) is 34.2 Å². The van der Waals surface area contributed by atoms with Crippen molar-refractivity contribution in [2.45, 2.75) is 24.0 Å². The van der Waals surface area contributed by atoms with E-state index in [1.807, 2.05) is 24.3 Å². The summed E-state index contributed by atoms with van der Waals surface area (Å²) in [7, 11) is 0. The van der Waals surface area contributed by atoms with E-state index < -0.39 is 24.1 Å². The number of H-pyrrole nitrogens is 2. The van der Waals surface area contributed by atoms with Crippen LogP contribution in [0, 0.1) is 0 Å². The average molecular weight is 424 g/mol. The fourth-order valence-corrected chi connectivity index (χ4v) is 5.14. The van der Waals surface area contributed by atoms with Crippen LogP contribution in [0.2, 0.25) is 0 Å². The van der Waals surface area contributed by atoms with Crippen molar-refractivity contribution in [3.63, 3.8) is 0 Å². The molecule has 2 aromatic carbocycles. The molecular weight excluding hydrogens is 404 g/mol. The molecule has 2 N–H and O–H groups in total. The monoisotopic (exact) mass is 424 g/mol. The first-order valence-corrected chi connectivity index (χ1v) is 10.6. The van der Waals surface area contributed by atoms with Crippen molar-refractivity contribution in [2.75, 3.05) is 0 Å². The summed E-state index contributed by atoms with van der Waals surface area (Å²) in [5.74, 6) is -1.40. The first-order chi connectivity index (χ1) is 15.7. The molecule has 0 saturated heterocycles. The Hall–Kier alpha value is -4.06. The maximum Gasteiger partial charge on any atom is 0.355 e. The van der Waals surface area contributed by atoms with Crippen molar-refractivity contribution in [1.82, 2.24) is 9.97 Å². The van der Waals surface area contributed by atoms with Crippen LogP contribution in [0.3, 0.4) is 0 Å². The van der Waals surface area contributed by atoms with E-state index in [1.165, 1.54) is 0 Å². The number of ether oxygens (including phenoxy) is 2. The van der Waals surface area contributed by atoms with Crippen molar-refractivity contribution >= 4 is 11.9 Å². The van der Waals surface area contributed by atoms with Crippen molar-refractivity contribution in [2.24, 2.45) is 0 Å². The highest BCUT2D eigenvalue weighted by Gasteiger charge is 2.53. The van der Waals surface area contributed by atoms with Crippen molar-refractivity contribution in [1.29, 1.82) is 0 Å². The van der Waals surface area contributed by atoms with Crippen LogP contribution in [-0.2, 0) is 9.47 Å². The number of carbonyl (C=O) groups excluding carboxylic acids is 2. The summed E-state index contributed by atoms with van der Waals surface area (Å²) in [4.78, 5) is 31.7. The molecule has 3 aliphatic carbocycles. The first kappa shape index (κ1) is 18.7. The van der Waals surface area contributed by atoms with E-state index in [0.29, 0.717) is 11.4 Å². The molecule has 2 unspecified atom stereocenters. The molecule has 0 radical (unpaired) electrons. The molecule has 6 nitrogen and oxygen atoms in total. The zero-order valence-corrected chi connectivity index (χ0v) is 17.0. The quantitative estimate of drug-likeness (QED) is 0.476. The van der Waals surface area contributed by atoms with Gasteiger partial charge in [0.1, 0.15) is 11.4 Å². The lowest BCUT2D eigenvalue weighted by Crippen LogP contribution is -2.51. The minimum Gasteiger partial charge on any atom is -0.453 e. The second-order valence-corrected chi connectivity index (χ2v) is 8.12. The maximum atomic E-state index is 12.9. The molecule has 0 amide bonds. The summed E-state index contributed by atoms with van der Waals surface area (Å²) in [5, 5.41) is 0. The minimum atomic E-state index is -0.653. The summed E-state index contributed by atoms with van der Waals surface area (Å²) in [5.41, 5.74) is 5.14. The Morgan fingerprint density at radius 3 is 1.25 bits per heavy atom. The molecule has 2 bridgehead atoms. The molecule has 2 aromatic heterocycles. The van der Waals surface area contributed by atoms with Gasteiger partial charge >= 0.3 is 11.9 Å². The van der Waals surface area contributed by atoms with Crippen LogP contribution in [0.15, 0.2) is 85.2 Å². The largest absolute Gasteiger partial charge is 0.453 e. The van der Waals surface area contributed by atoms with E-state index in [1.54, 1.807) is 36.7 Å². The number of fused-ring (bicyclic) bond motifs is 1. The Morgan fingerprint density at radius 1 is 0.562 bits per heavy atom. The van der Waals surface area contributed by atoms with Crippen LogP contribution in [0.1, 0.15) is 55.1 Å². The highest BCUT2D eigenvalue weighted by atomic mass is 16.6. The Balaban J connectivity index is 1.47. The number of carbonyl (C=O) groups is 2. The van der Waals surface area contributed by atoms with Crippen molar-refractivity contribution < 1.29 is 19.1 Å². The smallest absolute Gasteiger partial charge is 0.355 e. The van der Waals surface area contributed by atoms with Crippen LogP contribution in [0.25, 0.3) is 0 Å². The second kappa shape index (κ2) is 7.27. The first-order valence-electron chi connectivity index (χ1n) is 10.6. The summed E-state index contributed by atoms with van der Waals surface area (Å²) in [6, 6.07) is 23.1. The topological polar surface area (TPSA) is 84.2 Å². The number of rotatable bonds is 4. The summed E-state index contributed by atoms with van der Waals surface area (Å²) < 4.78 is 12.1. The third-order valence-electron chi connectivity index (χ3n) is 6.44. The predicted octanol–water partition coefficient (Wildman–Crippen LogP) is 4.38. The summed E-state index contributed by atoms with van der Waals surface area (Å²) in [6.07, 6.45) is 2.05. The fourth-order valence-electron chi connectivity index (χ4n) is 5.14. The normalized spacial score (nSPS) is 22.6. The van der Waals surface area contributed by atoms with Gasteiger partial charge in [0.25, 0.3) is 0 Å². The van der Waals surface area contributed by atoms with E-state index in [9.17, 15) is 9.59 Å². The van der Waals surface area contributed by atoms with Gasteiger partial charge in [0.05, 0.1) is 11.8 Å². The molecule has 2 heterocycles. The number of aromatic nitrogens is 2. The van der Waals surface area contributed by atoms with Crippen LogP contribution >= 0.6 is 0 Å². The molecule has 3 aliphatic rings. The molecule has 2 atom stereocenters. The standard InChI is InChI=1S/C26H20N2O4/c29-25(19-11-5-13-27-19)31-23-21-15-7-1-2-8-16(15)22(18-10-4-3-9-17(18)21)24(23)32-26(30)20-12-6-14-28-20/h1-14,21-24,27-28H. The average Bonchev–Trinajstić information content (AvgIpc) is 3.55. The Morgan fingerprint density at radius 2 is 0.938 bits per heavy atom. The van der Waals surface area contributed by atoms with Gasteiger partial charge in [-0.3, -0.25) is 0 Å². The van der Waals surface area contributed by atoms with Crippen molar-refractivity contribution in [3.8, 4) is 0 Å². The third-order valence-corrected chi connectivity index (χ3v) is 6.44. The molecule has 0 spiro atoms. The number of nitrogens with one attached hydrogen (secondary N) is 2. The van der Waals surface area contributed by atoms with Gasteiger partial charge in [-0.25, -0.2) is 9.59 Å². The van der Waals surface area contributed by atoms with Crippen LogP contribution in [0.4, 0.5) is 0 Å². The van der Waals surface area contributed by atoms with Gasteiger partial charge in [-0.05, 0) is 46.5 Å². The number of aromatic amines is 2. The highest BCUT2D eigenvalue weighted by Crippen LogP contribution is 2.54. The van der Waals surface area contributed by atoms with Gasteiger partial charge in [-0.15, -0.1) is 0 Å². The number of benzene rings is 2. The lowest BCUT2D eigenvalue weighted by Gasteiger charge is -2.48. The minimum absolute atomic E-state index is 0.229. The van der Waals surface area contributed by atoms with Gasteiger partial charge in [-0.1, -0.05) is 48.5 Å². The van der Waals surface area contributed by atoms with Gasteiger partial charge in [0.2, 0.25) is 0 Å². The summed E-state index contributed by atoms with van der Waals surface area (Å²) >= 11 is 0. The van der Waals surface area contributed by atoms with E-state index >= 15 is 0 Å². The lowest BCUT2D eigenvalue weighted by atomic mass is 9.61. The molecule has 7 rings (SSSR count). The molecule has 4 aromatic rings. The van der Waals surface area contributed by atoms with E-state index in [-0.39, 0.29) is 11.8 Å². The Labute approximate surface area is 184 Å². The van der Waals surface area contributed by atoms with Gasteiger partial charge in [0, 0.05) is 12.4 Å². The van der Waals surface area contributed by atoms with E-state index in [4.69, 9.17) is 9.47 Å². The van der Waals surface area contributed by atoms with Crippen molar-refractivity contribution in [3.05, 3.63) is 119 Å². The molecule has 158 valence electrons. The third kappa shape index (κ3) is 2.80. The predicted molar refractivity (Wildman–Crippen MR) is 117 cm³/mol. The van der Waals surface area contributed by atoms with Gasteiger partial charge in [0.15, 0.2) is 12.2 Å². The van der Waals surface area contributed by atoms with E-state index in [0.717, 1.165) is 22.3 Å². The fraction of sp³-hybridized carbons (Fsp3) is 0.154. The molecule has 0 saturated carbocycles. The Bertz CT molecular complexity index is 1150. The second-order valence-electron chi connectivity index (χ2n) is 8.12. The highest BCUT2D eigenvalue weighted by molar-refractivity contribution is 5.89. The van der Waals surface area contributed by atoms with Crippen LogP contribution < -0.4 is 0 Å². The molecular formula is C26H20N2O4. The van der Waals surface area contributed by atoms with Gasteiger partial charge in [-0.2, -0.15) is 0 Å². The molecule has 32 heavy (non-hydrogen) atoms. The SMILES string of the molecule is O=C(OC1C2c3ccccc3C(c3ccccc32)C1OC(=O)c1ccc[nH]1)c1ccc[nH]1. The number of hydrogen-bond acceptors (Lipinski definition) is 4. The number of esters is 2. The number of hydrogen-bond donors (Lipinski definition) is 2. The molecule has 0 fully saturated rings. The lowest BCUT2D eigenvalue weighted by molar-refractivity contribution is -0.0562. The zero-order valence-electron chi connectivity index (χ0n) is 17.0. The molecule has 6 heteroatoms. The van der Waals surface area contributed by atoms with Crippen LogP contribution in [-0.4, -0.2) is 34.1 Å². The zero-order chi connectivity index (χ0) is 21.7.